The fourth-order valence-corrected chi connectivity index (χ4v) is 5.03. The van der Waals surface area contributed by atoms with Crippen LogP contribution >= 0.6 is 0 Å². The Hall–Kier alpha value is -0.130. The highest BCUT2D eigenvalue weighted by Gasteiger charge is 2.35. The van der Waals surface area contributed by atoms with Crippen LogP contribution in [0.4, 0.5) is 0 Å². The van der Waals surface area contributed by atoms with Crippen LogP contribution in [0.1, 0.15) is 46.0 Å². The number of rotatable bonds is 5. The zero-order valence-corrected chi connectivity index (χ0v) is 12.9. The van der Waals surface area contributed by atoms with Gasteiger partial charge in [-0.25, -0.2) is 8.42 Å². The molecule has 2 atom stereocenters. The van der Waals surface area contributed by atoms with E-state index in [0.717, 1.165) is 5.92 Å². The first-order valence-electron chi connectivity index (χ1n) is 7.55. The molecule has 112 valence electrons. The van der Waals surface area contributed by atoms with E-state index in [1.54, 1.807) is 0 Å². The predicted octanol–water partition coefficient (Wildman–Crippen LogP) is 1.75. The molecule has 0 spiro atoms. The summed E-state index contributed by atoms with van der Waals surface area (Å²) in [5.41, 5.74) is 0. The Kier molecular flexibility index (Phi) is 5.26. The van der Waals surface area contributed by atoms with Crippen LogP contribution < -0.4 is 5.32 Å². The van der Waals surface area contributed by atoms with E-state index < -0.39 is 9.84 Å². The van der Waals surface area contributed by atoms with Crippen molar-refractivity contribution in [2.45, 2.75) is 63.3 Å². The van der Waals surface area contributed by atoms with Gasteiger partial charge < -0.3 is 10.1 Å². The average molecular weight is 289 g/mol. The predicted molar refractivity (Wildman–Crippen MR) is 77.0 cm³/mol. The third-order valence-electron chi connectivity index (χ3n) is 4.60. The van der Waals surface area contributed by atoms with Gasteiger partial charge in [0.15, 0.2) is 9.84 Å². The van der Waals surface area contributed by atoms with Gasteiger partial charge in [-0.05, 0) is 44.9 Å². The molecule has 0 aromatic heterocycles. The monoisotopic (exact) mass is 289 g/mol. The smallest absolute Gasteiger partial charge is 0.157 e. The molecule has 1 saturated heterocycles. The molecule has 0 aromatic carbocycles. The van der Waals surface area contributed by atoms with Gasteiger partial charge in [-0.15, -0.1) is 0 Å². The lowest BCUT2D eigenvalue weighted by Crippen LogP contribution is -2.38. The van der Waals surface area contributed by atoms with E-state index in [0.29, 0.717) is 25.6 Å². The lowest BCUT2D eigenvalue weighted by atomic mass is 9.87. The summed E-state index contributed by atoms with van der Waals surface area (Å²) in [5.74, 6) is 1.08. The van der Waals surface area contributed by atoms with E-state index in [9.17, 15) is 8.42 Å². The van der Waals surface area contributed by atoms with Crippen LogP contribution in [-0.2, 0) is 14.6 Å². The number of sulfone groups is 1. The van der Waals surface area contributed by atoms with Crippen LogP contribution in [0.2, 0.25) is 0 Å². The summed E-state index contributed by atoms with van der Waals surface area (Å²) in [6.07, 6.45) is 5.41. The minimum Gasteiger partial charge on any atom is -0.377 e. The largest absolute Gasteiger partial charge is 0.377 e. The second-order valence-corrected chi connectivity index (χ2v) is 8.52. The van der Waals surface area contributed by atoms with Gasteiger partial charge >= 0.3 is 0 Å². The van der Waals surface area contributed by atoms with Crippen molar-refractivity contribution in [1.29, 1.82) is 0 Å². The van der Waals surface area contributed by atoms with Crippen molar-refractivity contribution < 1.29 is 13.2 Å². The first-order chi connectivity index (χ1) is 8.99. The Bertz CT molecular complexity index is 374. The highest BCUT2D eigenvalue weighted by Crippen LogP contribution is 2.24. The van der Waals surface area contributed by atoms with Crippen molar-refractivity contribution in [1.82, 2.24) is 5.32 Å². The maximum Gasteiger partial charge on any atom is 0.157 e. The van der Waals surface area contributed by atoms with Gasteiger partial charge in [-0.2, -0.15) is 0 Å². The molecule has 1 heterocycles. The van der Waals surface area contributed by atoms with Crippen molar-refractivity contribution in [3.63, 3.8) is 0 Å². The summed E-state index contributed by atoms with van der Waals surface area (Å²) in [5, 5.41) is 3.13. The fraction of sp³-hybridized carbons (Fsp3) is 1.00. The van der Waals surface area contributed by atoms with Gasteiger partial charge in [0.05, 0.1) is 17.1 Å². The van der Waals surface area contributed by atoms with Gasteiger partial charge in [0.2, 0.25) is 0 Å². The Morgan fingerprint density at radius 1 is 1.11 bits per heavy atom. The van der Waals surface area contributed by atoms with Crippen molar-refractivity contribution in [2.75, 3.05) is 18.9 Å². The van der Waals surface area contributed by atoms with Gasteiger partial charge in [0.1, 0.15) is 0 Å². The summed E-state index contributed by atoms with van der Waals surface area (Å²) >= 11 is 0. The Morgan fingerprint density at radius 3 is 2.37 bits per heavy atom. The van der Waals surface area contributed by atoms with Gasteiger partial charge in [-0.3, -0.25) is 0 Å². The molecule has 2 unspecified atom stereocenters. The average Bonchev–Trinajstić information content (AvgIpc) is 2.79. The first-order valence-corrected chi connectivity index (χ1v) is 9.27. The Morgan fingerprint density at radius 2 is 1.79 bits per heavy atom. The Labute approximate surface area is 117 Å². The Balaban J connectivity index is 1.73. The van der Waals surface area contributed by atoms with E-state index in [1.807, 2.05) is 6.92 Å². The second-order valence-electron chi connectivity index (χ2n) is 6.18. The lowest BCUT2D eigenvalue weighted by Gasteiger charge is -2.27. The number of hydrogen-bond acceptors (Lipinski definition) is 4. The molecule has 1 N–H and O–H groups in total. The van der Waals surface area contributed by atoms with Gasteiger partial charge in [-0.1, -0.05) is 6.92 Å². The highest BCUT2D eigenvalue weighted by atomic mass is 32.2. The SMILES string of the molecule is CC1CCC(NCCS(=O)(=O)C2CCOC2C)CC1. The van der Waals surface area contributed by atoms with Crippen LogP contribution in [0.5, 0.6) is 0 Å². The van der Waals surface area contributed by atoms with E-state index in [4.69, 9.17) is 4.74 Å². The maximum atomic E-state index is 12.2. The van der Waals surface area contributed by atoms with E-state index in [1.165, 1.54) is 25.7 Å². The van der Waals surface area contributed by atoms with Crippen molar-refractivity contribution in [3.05, 3.63) is 0 Å². The zero-order valence-electron chi connectivity index (χ0n) is 12.1. The maximum absolute atomic E-state index is 12.2. The third-order valence-corrected chi connectivity index (χ3v) is 6.92. The molecule has 2 fully saturated rings. The van der Waals surface area contributed by atoms with Crippen molar-refractivity contribution in [3.8, 4) is 0 Å². The molecule has 1 saturated carbocycles. The molecule has 5 heteroatoms. The summed E-state index contributed by atoms with van der Waals surface area (Å²) in [6, 6.07) is 0.517. The van der Waals surface area contributed by atoms with Crippen LogP contribution in [0.15, 0.2) is 0 Å². The molecule has 1 aliphatic heterocycles. The van der Waals surface area contributed by atoms with Gasteiger partial charge in [0, 0.05) is 19.2 Å². The molecule has 2 aliphatic rings. The summed E-state index contributed by atoms with van der Waals surface area (Å²) in [4.78, 5) is 0. The summed E-state index contributed by atoms with van der Waals surface area (Å²) < 4.78 is 29.8. The molecule has 0 radical (unpaired) electrons. The second kappa shape index (κ2) is 6.55. The number of hydrogen-bond donors (Lipinski definition) is 1. The number of ether oxygens (including phenoxy) is 1. The van der Waals surface area contributed by atoms with Gasteiger partial charge in [0.25, 0.3) is 0 Å². The van der Waals surface area contributed by atoms with Crippen LogP contribution in [0.25, 0.3) is 0 Å². The fourth-order valence-electron chi connectivity index (χ4n) is 3.20. The molecule has 19 heavy (non-hydrogen) atoms. The summed E-state index contributed by atoms with van der Waals surface area (Å²) in [7, 11) is -3.01. The van der Waals surface area contributed by atoms with E-state index in [2.05, 4.69) is 12.2 Å². The molecular weight excluding hydrogens is 262 g/mol. The minimum absolute atomic E-state index is 0.138. The molecule has 0 bridgehead atoms. The molecular formula is C14H27NO3S. The first kappa shape index (κ1) is 15.3. The van der Waals surface area contributed by atoms with Crippen LogP contribution in [0, 0.1) is 5.92 Å². The third kappa shape index (κ3) is 4.17. The van der Waals surface area contributed by atoms with Crippen LogP contribution in [0.3, 0.4) is 0 Å². The van der Waals surface area contributed by atoms with E-state index >= 15 is 0 Å². The molecule has 2 rings (SSSR count). The quantitative estimate of drug-likeness (QED) is 0.838. The van der Waals surface area contributed by atoms with Crippen LogP contribution in [-0.4, -0.2) is 44.7 Å². The van der Waals surface area contributed by atoms with Crippen molar-refractivity contribution in [2.24, 2.45) is 5.92 Å². The zero-order chi connectivity index (χ0) is 13.9. The summed E-state index contributed by atoms with van der Waals surface area (Å²) in [6.45, 7) is 5.33. The molecule has 4 nitrogen and oxygen atoms in total. The standard InChI is InChI=1S/C14H27NO3S/c1-11-3-5-13(6-4-11)15-8-10-19(16,17)14-7-9-18-12(14)2/h11-15H,3-10H2,1-2H3. The van der Waals surface area contributed by atoms with Crippen molar-refractivity contribution >= 4 is 9.84 Å². The molecule has 0 amide bonds. The topological polar surface area (TPSA) is 55.4 Å². The highest BCUT2D eigenvalue weighted by molar-refractivity contribution is 7.92. The van der Waals surface area contributed by atoms with E-state index in [-0.39, 0.29) is 17.1 Å². The normalized spacial score (nSPS) is 36.5. The lowest BCUT2D eigenvalue weighted by molar-refractivity contribution is 0.126. The molecule has 0 aromatic rings. The number of nitrogens with one attached hydrogen (secondary N) is 1. The molecule has 1 aliphatic carbocycles. The minimum atomic E-state index is -3.01.